The van der Waals surface area contributed by atoms with Gasteiger partial charge < -0.3 is 5.32 Å². The van der Waals surface area contributed by atoms with E-state index in [0.717, 1.165) is 11.1 Å². The first-order valence-corrected chi connectivity index (χ1v) is 6.20. The molecule has 0 heterocycles. The second kappa shape index (κ2) is 5.65. The van der Waals surface area contributed by atoms with Gasteiger partial charge in [-0.15, -0.1) is 0 Å². The van der Waals surface area contributed by atoms with Gasteiger partial charge >= 0.3 is 0 Å². The maximum absolute atomic E-state index is 13.5. The minimum Gasteiger partial charge on any atom is -0.345 e. The van der Waals surface area contributed by atoms with Gasteiger partial charge in [-0.2, -0.15) is 0 Å². The second-order valence-corrected chi connectivity index (χ2v) is 4.53. The number of aryl methyl sites for hydroxylation is 1. The van der Waals surface area contributed by atoms with Crippen LogP contribution in [0.25, 0.3) is 0 Å². The second-order valence-electron chi connectivity index (χ2n) is 4.53. The van der Waals surface area contributed by atoms with Gasteiger partial charge in [-0.25, -0.2) is 4.39 Å². The first-order valence-electron chi connectivity index (χ1n) is 6.20. The molecule has 0 aromatic heterocycles. The third-order valence-electron chi connectivity index (χ3n) is 3.12. The molecule has 1 atom stereocenters. The van der Waals surface area contributed by atoms with E-state index >= 15 is 0 Å². The van der Waals surface area contributed by atoms with Crippen LogP contribution in [0.4, 0.5) is 4.39 Å². The number of rotatable bonds is 3. The first kappa shape index (κ1) is 13.3. The molecule has 0 fully saturated rings. The van der Waals surface area contributed by atoms with Crippen molar-refractivity contribution < 1.29 is 9.18 Å². The molecule has 2 rings (SSSR count). The molecule has 0 saturated heterocycles. The molecule has 0 aliphatic heterocycles. The predicted molar refractivity (Wildman–Crippen MR) is 73.5 cm³/mol. The Morgan fingerprint density at radius 2 is 1.74 bits per heavy atom. The predicted octanol–water partition coefficient (Wildman–Crippen LogP) is 3.63. The van der Waals surface area contributed by atoms with Gasteiger partial charge in [-0.3, -0.25) is 4.79 Å². The lowest BCUT2D eigenvalue weighted by molar-refractivity contribution is 0.0936. The Morgan fingerprint density at radius 1 is 1.11 bits per heavy atom. The molecule has 1 unspecified atom stereocenters. The van der Waals surface area contributed by atoms with E-state index in [9.17, 15) is 9.18 Å². The summed E-state index contributed by atoms with van der Waals surface area (Å²) in [4.78, 5) is 12.0. The fraction of sp³-hybridized carbons (Fsp3) is 0.188. The van der Waals surface area contributed by atoms with E-state index < -0.39 is 11.7 Å². The lowest BCUT2D eigenvalue weighted by Crippen LogP contribution is -2.27. The van der Waals surface area contributed by atoms with Crippen molar-refractivity contribution in [1.29, 1.82) is 0 Å². The molecule has 2 nitrogen and oxygen atoms in total. The number of halogens is 1. The lowest BCUT2D eigenvalue weighted by Gasteiger charge is -2.16. The summed E-state index contributed by atoms with van der Waals surface area (Å²) in [7, 11) is 0. The van der Waals surface area contributed by atoms with Crippen molar-refractivity contribution in [2.45, 2.75) is 19.9 Å². The van der Waals surface area contributed by atoms with Gasteiger partial charge in [0.05, 0.1) is 11.6 Å². The molecule has 98 valence electrons. The van der Waals surface area contributed by atoms with Crippen LogP contribution in [-0.2, 0) is 0 Å². The summed E-state index contributed by atoms with van der Waals surface area (Å²) < 4.78 is 13.5. The Bertz CT molecular complexity index is 595. The normalized spacial score (nSPS) is 11.9. The molecular weight excluding hydrogens is 241 g/mol. The SMILES string of the molecule is Cc1ccccc1C(C)NC(=O)c1ccccc1F. The van der Waals surface area contributed by atoms with E-state index in [2.05, 4.69) is 5.32 Å². The summed E-state index contributed by atoms with van der Waals surface area (Å²) >= 11 is 0. The molecule has 2 aromatic carbocycles. The molecule has 3 heteroatoms. The summed E-state index contributed by atoms with van der Waals surface area (Å²) in [6, 6.07) is 13.6. The van der Waals surface area contributed by atoms with Crippen LogP contribution in [0.15, 0.2) is 48.5 Å². The highest BCUT2D eigenvalue weighted by atomic mass is 19.1. The average molecular weight is 257 g/mol. The van der Waals surface area contributed by atoms with Crippen molar-refractivity contribution in [3.8, 4) is 0 Å². The Kier molecular flexibility index (Phi) is 3.95. The fourth-order valence-corrected chi connectivity index (χ4v) is 2.07. The van der Waals surface area contributed by atoms with Gasteiger partial charge in [0, 0.05) is 0 Å². The van der Waals surface area contributed by atoms with Crippen molar-refractivity contribution in [2.24, 2.45) is 0 Å². The van der Waals surface area contributed by atoms with Gasteiger partial charge in [0.2, 0.25) is 0 Å². The first-order chi connectivity index (χ1) is 9.09. The number of carbonyl (C=O) groups excluding carboxylic acids is 1. The zero-order valence-electron chi connectivity index (χ0n) is 11.0. The van der Waals surface area contributed by atoms with E-state index in [0.29, 0.717) is 0 Å². The average Bonchev–Trinajstić information content (AvgIpc) is 2.39. The van der Waals surface area contributed by atoms with E-state index in [4.69, 9.17) is 0 Å². The molecule has 0 aliphatic rings. The lowest BCUT2D eigenvalue weighted by atomic mass is 10.0. The van der Waals surface area contributed by atoms with Gasteiger partial charge in [-0.1, -0.05) is 36.4 Å². The monoisotopic (exact) mass is 257 g/mol. The highest BCUT2D eigenvalue weighted by Crippen LogP contribution is 2.17. The largest absolute Gasteiger partial charge is 0.345 e. The molecule has 0 spiro atoms. The van der Waals surface area contributed by atoms with Crippen molar-refractivity contribution >= 4 is 5.91 Å². The summed E-state index contributed by atoms with van der Waals surface area (Å²) in [5.41, 5.74) is 2.21. The van der Waals surface area contributed by atoms with Crippen molar-refractivity contribution in [1.82, 2.24) is 5.32 Å². The minimum absolute atomic E-state index is 0.0722. The summed E-state index contributed by atoms with van der Waals surface area (Å²) in [6.45, 7) is 3.88. The highest BCUT2D eigenvalue weighted by molar-refractivity contribution is 5.94. The third kappa shape index (κ3) is 2.99. The van der Waals surface area contributed by atoms with Crippen molar-refractivity contribution in [3.05, 3.63) is 71.0 Å². The number of hydrogen-bond acceptors (Lipinski definition) is 1. The maximum atomic E-state index is 13.5. The quantitative estimate of drug-likeness (QED) is 0.893. The molecule has 0 aliphatic carbocycles. The molecular formula is C16H16FNO. The van der Waals surface area contributed by atoms with E-state index in [1.165, 1.54) is 12.1 Å². The fourth-order valence-electron chi connectivity index (χ4n) is 2.07. The van der Waals surface area contributed by atoms with Crippen molar-refractivity contribution in [2.75, 3.05) is 0 Å². The van der Waals surface area contributed by atoms with Crippen LogP contribution in [0.5, 0.6) is 0 Å². The Labute approximate surface area is 112 Å². The zero-order chi connectivity index (χ0) is 13.8. The van der Waals surface area contributed by atoms with Crippen molar-refractivity contribution in [3.63, 3.8) is 0 Å². The number of carbonyl (C=O) groups is 1. The Balaban J connectivity index is 2.16. The van der Waals surface area contributed by atoms with Crippen LogP contribution in [0.2, 0.25) is 0 Å². The van der Waals surface area contributed by atoms with Gasteiger partial charge in [0.25, 0.3) is 5.91 Å². The maximum Gasteiger partial charge on any atom is 0.254 e. The number of hydrogen-bond donors (Lipinski definition) is 1. The smallest absolute Gasteiger partial charge is 0.254 e. The van der Waals surface area contributed by atoms with Gasteiger partial charge in [0.15, 0.2) is 0 Å². The van der Waals surface area contributed by atoms with Crippen LogP contribution in [0.3, 0.4) is 0 Å². The number of amides is 1. The summed E-state index contributed by atoms with van der Waals surface area (Å²) in [6.07, 6.45) is 0. The van der Waals surface area contributed by atoms with Gasteiger partial charge in [-0.05, 0) is 37.1 Å². The van der Waals surface area contributed by atoms with Gasteiger partial charge in [0.1, 0.15) is 5.82 Å². The topological polar surface area (TPSA) is 29.1 Å². The van der Waals surface area contributed by atoms with Crippen LogP contribution < -0.4 is 5.32 Å². The summed E-state index contributed by atoms with van der Waals surface area (Å²) in [5.74, 6) is -0.897. The third-order valence-corrected chi connectivity index (χ3v) is 3.12. The zero-order valence-corrected chi connectivity index (χ0v) is 11.0. The van der Waals surface area contributed by atoms with E-state index in [-0.39, 0.29) is 11.6 Å². The van der Waals surface area contributed by atoms with Crippen LogP contribution in [0, 0.1) is 12.7 Å². The molecule has 0 bridgehead atoms. The molecule has 1 amide bonds. The minimum atomic E-state index is -0.503. The number of nitrogens with one attached hydrogen (secondary N) is 1. The van der Waals surface area contributed by atoms with Crippen LogP contribution in [-0.4, -0.2) is 5.91 Å². The Hall–Kier alpha value is -2.16. The van der Waals surface area contributed by atoms with Crippen LogP contribution >= 0.6 is 0 Å². The standard InChI is InChI=1S/C16H16FNO/c1-11-7-3-4-8-13(11)12(2)18-16(19)14-9-5-6-10-15(14)17/h3-10,12H,1-2H3,(H,18,19). The molecule has 19 heavy (non-hydrogen) atoms. The molecule has 0 radical (unpaired) electrons. The van der Waals surface area contributed by atoms with E-state index in [1.54, 1.807) is 12.1 Å². The number of benzene rings is 2. The molecule has 0 saturated carbocycles. The Morgan fingerprint density at radius 3 is 2.42 bits per heavy atom. The van der Waals surface area contributed by atoms with E-state index in [1.807, 2.05) is 38.1 Å². The molecule has 1 N–H and O–H groups in total. The summed E-state index contributed by atoms with van der Waals surface area (Å²) in [5, 5.41) is 2.82. The highest BCUT2D eigenvalue weighted by Gasteiger charge is 2.15. The molecule has 2 aromatic rings. The van der Waals surface area contributed by atoms with Crippen LogP contribution in [0.1, 0.15) is 34.5 Å².